The molecule has 70 heavy (non-hydrogen) atoms. The predicted octanol–water partition coefficient (Wildman–Crippen LogP) is 11.4. The maximum atomic E-state index is 13.4. The van der Waals surface area contributed by atoms with Gasteiger partial charge in [0.25, 0.3) is 0 Å². The number of nitrogens with zero attached hydrogens (tertiary/aromatic N) is 8. The Kier molecular flexibility index (Phi) is 15.9. The average molecular weight is 968 g/mol. The predicted molar refractivity (Wildman–Crippen MR) is 272 cm³/mol. The van der Waals surface area contributed by atoms with Crippen molar-refractivity contribution in [3.8, 4) is 45.3 Å². The summed E-state index contributed by atoms with van der Waals surface area (Å²) in [5.74, 6) is 3.93. The fraction of sp³-hybridized carbons (Fsp3) is 0.208. The van der Waals surface area contributed by atoms with Gasteiger partial charge in [-0.15, -0.1) is 0 Å². The van der Waals surface area contributed by atoms with E-state index in [9.17, 15) is 8.78 Å². The zero-order chi connectivity index (χ0) is 48.6. The number of pyridine rings is 2. The number of methoxy groups -OCH3 is 2. The van der Waals surface area contributed by atoms with Crippen LogP contribution in [0.15, 0.2) is 134 Å². The maximum absolute atomic E-state index is 13.4. The first-order valence-corrected chi connectivity index (χ1v) is 22.1. The van der Waals surface area contributed by atoms with Gasteiger partial charge in [-0.3, -0.25) is 9.97 Å². The van der Waals surface area contributed by atoms with Crippen molar-refractivity contribution in [1.82, 2.24) is 29.9 Å². The summed E-state index contributed by atoms with van der Waals surface area (Å²) in [5.41, 5.74) is 15.2. The number of nitrogens with two attached hydrogens (primary N) is 1. The highest BCUT2D eigenvalue weighted by Crippen LogP contribution is 2.39. The summed E-state index contributed by atoms with van der Waals surface area (Å²) in [6.07, 6.45) is 6.80. The SMILES string of the molecule is C.CN1c2nc(Cl)ncc2OCC1c1ccc(F)cc1.COc1cc(N)ccc1-c1ccnc(C)c1.COc1cc(Nc2ncc3c(n2)N(C)C(c2ccc(F)cc2)CO3)ccc1-c1ccnc(C)c1. The number of rotatable bonds is 8. The van der Waals surface area contributed by atoms with Crippen LogP contribution in [0.5, 0.6) is 23.0 Å². The number of aryl methyl sites for hydroxylation is 2. The number of ether oxygens (including phenoxy) is 4. The third kappa shape index (κ3) is 11.6. The van der Waals surface area contributed by atoms with Gasteiger partial charge in [-0.05, 0) is 120 Å². The Morgan fingerprint density at radius 2 is 1.11 bits per heavy atom. The fourth-order valence-electron chi connectivity index (χ4n) is 7.85. The zero-order valence-corrected chi connectivity index (χ0v) is 39.4. The van der Waals surface area contributed by atoms with E-state index in [1.807, 2.05) is 98.4 Å². The van der Waals surface area contributed by atoms with Crippen molar-refractivity contribution in [1.29, 1.82) is 0 Å². The molecule has 2 aliphatic heterocycles. The fourth-order valence-corrected chi connectivity index (χ4v) is 7.98. The van der Waals surface area contributed by atoms with Crippen LogP contribution in [0.25, 0.3) is 22.3 Å². The highest BCUT2D eigenvalue weighted by Gasteiger charge is 2.29. The van der Waals surface area contributed by atoms with Crippen LogP contribution in [0, 0.1) is 25.5 Å². The number of hydrogen-bond donors (Lipinski definition) is 2. The second-order valence-electron chi connectivity index (χ2n) is 16.1. The lowest BCUT2D eigenvalue weighted by Crippen LogP contribution is -2.34. The van der Waals surface area contributed by atoms with Crippen molar-refractivity contribution < 1.29 is 27.7 Å². The summed E-state index contributed by atoms with van der Waals surface area (Å²) in [4.78, 5) is 29.6. The second-order valence-corrected chi connectivity index (χ2v) is 16.4. The largest absolute Gasteiger partial charge is 0.496 e. The first kappa shape index (κ1) is 49.8. The molecule has 10 rings (SSSR count). The molecule has 8 aromatic rings. The normalized spacial score (nSPS) is 14.4. The summed E-state index contributed by atoms with van der Waals surface area (Å²) in [6, 6.07) is 32.2. The van der Waals surface area contributed by atoms with Crippen LogP contribution in [-0.2, 0) is 0 Å². The number of fused-ring (bicyclic) bond motifs is 2. The molecular weight excluding hydrogens is 914 g/mol. The number of nitrogen functional groups attached to an aromatic ring is 1. The van der Waals surface area contributed by atoms with Gasteiger partial charge < -0.3 is 39.8 Å². The van der Waals surface area contributed by atoms with Crippen LogP contribution < -0.4 is 39.8 Å². The van der Waals surface area contributed by atoms with Gasteiger partial charge in [0.1, 0.15) is 36.3 Å². The van der Waals surface area contributed by atoms with Gasteiger partial charge in [-0.2, -0.15) is 9.97 Å². The third-order valence-electron chi connectivity index (χ3n) is 11.4. The summed E-state index contributed by atoms with van der Waals surface area (Å²) in [7, 11) is 7.14. The van der Waals surface area contributed by atoms with Gasteiger partial charge >= 0.3 is 0 Å². The Balaban J connectivity index is 0.000000169. The molecule has 0 saturated heterocycles. The molecule has 2 unspecified atom stereocenters. The van der Waals surface area contributed by atoms with Gasteiger partial charge in [0, 0.05) is 72.5 Å². The Bertz CT molecular complexity index is 3060. The first-order chi connectivity index (χ1) is 33.4. The highest BCUT2D eigenvalue weighted by molar-refractivity contribution is 6.28. The summed E-state index contributed by atoms with van der Waals surface area (Å²) < 4.78 is 48.8. The van der Waals surface area contributed by atoms with Crippen molar-refractivity contribution in [3.05, 3.63) is 173 Å². The third-order valence-corrected chi connectivity index (χ3v) is 11.6. The van der Waals surface area contributed by atoms with Gasteiger partial charge in [0.05, 0.1) is 38.7 Å². The van der Waals surface area contributed by atoms with Crippen LogP contribution in [-0.4, -0.2) is 71.4 Å². The molecule has 0 saturated carbocycles. The van der Waals surface area contributed by atoms with Crippen molar-refractivity contribution in [2.75, 3.05) is 62.4 Å². The zero-order valence-electron chi connectivity index (χ0n) is 38.7. The molecule has 0 amide bonds. The second kappa shape index (κ2) is 22.3. The van der Waals surface area contributed by atoms with Crippen molar-refractivity contribution in [3.63, 3.8) is 0 Å². The number of halogens is 3. The van der Waals surface area contributed by atoms with Crippen molar-refractivity contribution in [2.24, 2.45) is 0 Å². The molecule has 14 nitrogen and oxygen atoms in total. The summed E-state index contributed by atoms with van der Waals surface area (Å²) in [5, 5.41) is 3.43. The minimum absolute atomic E-state index is 0. The van der Waals surface area contributed by atoms with Crippen molar-refractivity contribution in [2.45, 2.75) is 33.4 Å². The monoisotopic (exact) mass is 966 g/mol. The van der Waals surface area contributed by atoms with E-state index in [0.717, 1.165) is 62.0 Å². The lowest BCUT2D eigenvalue weighted by Gasteiger charge is -2.35. The van der Waals surface area contributed by atoms with Gasteiger partial charge in [-0.1, -0.05) is 31.7 Å². The Labute approximate surface area is 411 Å². The Morgan fingerprint density at radius 1 is 0.629 bits per heavy atom. The molecule has 360 valence electrons. The molecule has 4 aromatic carbocycles. The molecular formula is C53H53ClF2N10O4. The van der Waals surface area contributed by atoms with E-state index in [1.165, 1.54) is 24.3 Å². The van der Waals surface area contributed by atoms with Crippen LogP contribution in [0.2, 0.25) is 5.28 Å². The average Bonchev–Trinajstić information content (AvgIpc) is 3.35. The molecule has 4 aromatic heterocycles. The Morgan fingerprint density at radius 3 is 1.63 bits per heavy atom. The van der Waals surface area contributed by atoms with Gasteiger partial charge in [0.15, 0.2) is 23.1 Å². The van der Waals surface area contributed by atoms with Gasteiger partial charge in [-0.25, -0.2) is 18.7 Å². The highest BCUT2D eigenvalue weighted by atomic mass is 35.5. The van der Waals surface area contributed by atoms with Crippen molar-refractivity contribution >= 4 is 40.6 Å². The molecule has 2 aliphatic rings. The van der Waals surface area contributed by atoms with E-state index in [0.29, 0.717) is 48.0 Å². The van der Waals surface area contributed by atoms with E-state index < -0.39 is 0 Å². The van der Waals surface area contributed by atoms with E-state index >= 15 is 0 Å². The molecule has 3 N–H and O–H groups in total. The van der Waals surface area contributed by atoms with E-state index in [2.05, 4.69) is 35.2 Å². The quantitative estimate of drug-likeness (QED) is 0.109. The molecule has 0 spiro atoms. The number of anilines is 5. The minimum atomic E-state index is -0.266. The summed E-state index contributed by atoms with van der Waals surface area (Å²) in [6.45, 7) is 4.81. The Hall–Kier alpha value is -8.11. The molecule has 6 heterocycles. The summed E-state index contributed by atoms with van der Waals surface area (Å²) >= 11 is 5.80. The van der Waals surface area contributed by atoms with E-state index in [4.69, 9.17) is 36.3 Å². The first-order valence-electron chi connectivity index (χ1n) is 21.7. The van der Waals surface area contributed by atoms with Crippen LogP contribution in [0.1, 0.15) is 42.0 Å². The number of aromatic nitrogens is 6. The molecule has 0 bridgehead atoms. The van der Waals surface area contributed by atoms with Crippen LogP contribution in [0.3, 0.4) is 0 Å². The van der Waals surface area contributed by atoms with Crippen LogP contribution >= 0.6 is 11.6 Å². The smallest absolute Gasteiger partial charge is 0.229 e. The minimum Gasteiger partial charge on any atom is -0.496 e. The number of nitrogens with one attached hydrogen (secondary N) is 1. The number of likely N-dealkylation sites (N-methyl/N-ethyl adjacent to an activating group) is 2. The molecule has 2 atom stereocenters. The molecule has 0 aliphatic carbocycles. The topological polar surface area (TPSA) is 159 Å². The molecule has 0 fully saturated rings. The standard InChI is InChI=1S/C26H24FN5O2.C13H11ClFN3O.C13H14N2O.CH4/c1-16-12-18(10-11-28-16)21-9-8-20(13-23(21)33-3)30-26-29-14-24-25(31-26)32(2)22(15-34-24)17-4-6-19(27)7-5-17;1-18-10(8-2-4-9(15)5-3-8)7-19-11-6-16-13(14)17-12(11)18;1-9-7-10(5-6-15-9)12-4-3-11(14)8-13(12)16-2;/h4-14,22H,15H2,1-3H3,(H,29,30,31);2-6,10H,7H2,1H3;3-8H,14H2,1-2H3;1H4. The molecule has 0 radical (unpaired) electrons. The number of benzene rings is 4. The lowest BCUT2D eigenvalue weighted by molar-refractivity contribution is 0.265. The molecule has 17 heteroatoms. The van der Waals surface area contributed by atoms with Gasteiger partial charge in [0.2, 0.25) is 11.2 Å². The van der Waals surface area contributed by atoms with E-state index in [1.54, 1.807) is 63.3 Å². The maximum Gasteiger partial charge on any atom is 0.229 e. The van der Waals surface area contributed by atoms with E-state index in [-0.39, 0.29) is 36.4 Å². The van der Waals surface area contributed by atoms with Crippen LogP contribution in [0.4, 0.5) is 37.7 Å². The lowest BCUT2D eigenvalue weighted by atomic mass is 10.0. The number of hydrogen-bond acceptors (Lipinski definition) is 14.